The van der Waals surface area contributed by atoms with Crippen LogP contribution in [0.5, 0.6) is 0 Å². The zero-order chi connectivity index (χ0) is 40.3. The topological polar surface area (TPSA) is 6.48 Å². The average Bonchev–Trinajstić information content (AvgIpc) is 3.79. The summed E-state index contributed by atoms with van der Waals surface area (Å²) in [5.41, 5.74) is 18.8. The molecular weight excluding hydrogens is 737 g/mol. The van der Waals surface area contributed by atoms with E-state index < -0.39 is 5.41 Å². The van der Waals surface area contributed by atoms with Gasteiger partial charge in [0, 0.05) is 34.0 Å². The van der Waals surface area contributed by atoms with Crippen LogP contribution >= 0.6 is 0 Å². The highest BCUT2D eigenvalue weighted by molar-refractivity contribution is 6.01. The van der Waals surface area contributed by atoms with Gasteiger partial charge in [-0.3, -0.25) is 0 Å². The van der Waals surface area contributed by atoms with Crippen molar-refractivity contribution in [3.05, 3.63) is 265 Å². The molecule has 61 heavy (non-hydrogen) atoms. The Morgan fingerprint density at radius 2 is 0.705 bits per heavy atom. The van der Waals surface area contributed by atoms with E-state index >= 15 is 0 Å². The first-order valence-corrected chi connectivity index (χ1v) is 21.1. The third-order valence-corrected chi connectivity index (χ3v) is 12.8. The summed E-state index contributed by atoms with van der Waals surface area (Å²) in [4.78, 5) is 4.86. The number of hydrogen-bond donors (Lipinski definition) is 0. The molecule has 12 rings (SSSR count). The van der Waals surface area contributed by atoms with Crippen LogP contribution in [-0.2, 0) is 5.41 Å². The Bertz CT molecular complexity index is 3210. The van der Waals surface area contributed by atoms with Gasteiger partial charge in [0.05, 0.1) is 11.1 Å². The van der Waals surface area contributed by atoms with E-state index in [1.54, 1.807) is 0 Å². The fourth-order valence-corrected chi connectivity index (χ4v) is 10.3. The zero-order valence-electron chi connectivity index (χ0n) is 33.5. The summed E-state index contributed by atoms with van der Waals surface area (Å²) >= 11 is 0. The lowest BCUT2D eigenvalue weighted by atomic mass is 9.70. The van der Waals surface area contributed by atoms with Crippen molar-refractivity contribution in [3.8, 4) is 33.4 Å². The van der Waals surface area contributed by atoms with Gasteiger partial charge in [-0.25, -0.2) is 0 Å². The zero-order valence-corrected chi connectivity index (χ0v) is 33.5. The predicted molar refractivity (Wildman–Crippen MR) is 255 cm³/mol. The molecule has 10 aromatic rings. The van der Waals surface area contributed by atoms with Gasteiger partial charge >= 0.3 is 0 Å². The Balaban J connectivity index is 1.17. The number of benzene rings is 10. The van der Waals surface area contributed by atoms with E-state index in [9.17, 15) is 0 Å². The number of rotatable bonds is 7. The molecule has 0 N–H and O–H groups in total. The SMILES string of the molecule is c1ccc(-c2cc3c(cc2N(c2ccccc2)c2ccccc2)C2(c4ccccc4-c4ccc(N(c5ccccc5)c5ccc6ccccc6c5)cc42)c2ccccc2-3)cc1. The molecule has 0 saturated heterocycles. The van der Waals surface area contributed by atoms with Gasteiger partial charge in [-0.05, 0) is 134 Å². The minimum atomic E-state index is -0.581. The molecular formula is C59H40N2. The van der Waals surface area contributed by atoms with E-state index in [0.717, 1.165) is 34.1 Å². The van der Waals surface area contributed by atoms with Crippen molar-refractivity contribution in [1.29, 1.82) is 0 Å². The van der Waals surface area contributed by atoms with Crippen LogP contribution < -0.4 is 9.80 Å². The highest BCUT2D eigenvalue weighted by atomic mass is 15.1. The van der Waals surface area contributed by atoms with E-state index in [4.69, 9.17) is 0 Å². The van der Waals surface area contributed by atoms with Crippen molar-refractivity contribution in [2.24, 2.45) is 0 Å². The molecule has 0 aromatic heterocycles. The number of anilines is 6. The maximum atomic E-state index is 2.52. The molecule has 0 radical (unpaired) electrons. The second-order valence-corrected chi connectivity index (χ2v) is 16.1. The van der Waals surface area contributed by atoms with Crippen LogP contribution in [0.3, 0.4) is 0 Å². The Labute approximate surface area is 356 Å². The number of para-hydroxylation sites is 3. The maximum Gasteiger partial charge on any atom is 0.0727 e. The Morgan fingerprint density at radius 1 is 0.246 bits per heavy atom. The average molecular weight is 777 g/mol. The molecule has 2 aliphatic carbocycles. The van der Waals surface area contributed by atoms with Crippen molar-refractivity contribution in [2.45, 2.75) is 5.41 Å². The summed E-state index contributed by atoms with van der Waals surface area (Å²) in [6, 6.07) is 89.1. The second kappa shape index (κ2) is 14.1. The second-order valence-electron chi connectivity index (χ2n) is 16.1. The van der Waals surface area contributed by atoms with Gasteiger partial charge in [-0.2, -0.15) is 0 Å². The van der Waals surface area contributed by atoms with Crippen molar-refractivity contribution in [1.82, 2.24) is 0 Å². The first kappa shape index (κ1) is 35.0. The predicted octanol–water partition coefficient (Wildman–Crippen LogP) is 15.8. The van der Waals surface area contributed by atoms with Crippen LogP contribution in [-0.4, -0.2) is 0 Å². The molecule has 1 atom stereocenters. The summed E-state index contributed by atoms with van der Waals surface area (Å²) in [5, 5.41) is 2.44. The molecule has 2 heteroatoms. The number of fused-ring (bicyclic) bond motifs is 11. The standard InChI is InChI=1S/C59H40N2/c1-5-20-42(21-6-1)52-39-53-50-30-16-18-32-55(50)59(57(53)40-58(52)61(45-25-9-3-10-26-45)46-27-11-4-12-28-46)54-31-17-15-29-49(54)51-36-35-48(38-56(51)59)60(44-23-7-2-8-24-44)47-34-33-41-19-13-14-22-43(41)37-47/h1-40H. The van der Waals surface area contributed by atoms with Crippen molar-refractivity contribution in [3.63, 3.8) is 0 Å². The molecule has 0 fully saturated rings. The molecule has 0 aliphatic heterocycles. The Morgan fingerprint density at radius 3 is 1.34 bits per heavy atom. The molecule has 0 saturated carbocycles. The van der Waals surface area contributed by atoms with Gasteiger partial charge in [-0.15, -0.1) is 0 Å². The first-order valence-electron chi connectivity index (χ1n) is 21.1. The van der Waals surface area contributed by atoms with Crippen LogP contribution in [0, 0.1) is 0 Å². The quantitative estimate of drug-likeness (QED) is 0.159. The summed E-state index contributed by atoms with van der Waals surface area (Å²) in [6.07, 6.45) is 0. The monoisotopic (exact) mass is 776 g/mol. The molecule has 2 aliphatic rings. The molecule has 0 heterocycles. The Hall–Kier alpha value is -7.94. The van der Waals surface area contributed by atoms with Crippen LogP contribution in [0.2, 0.25) is 0 Å². The van der Waals surface area contributed by atoms with E-state index in [0.29, 0.717) is 0 Å². The third kappa shape index (κ3) is 5.43. The largest absolute Gasteiger partial charge is 0.310 e. The number of nitrogens with zero attached hydrogens (tertiary/aromatic N) is 2. The molecule has 2 nitrogen and oxygen atoms in total. The fraction of sp³-hybridized carbons (Fsp3) is 0.0169. The van der Waals surface area contributed by atoms with E-state index in [1.165, 1.54) is 66.4 Å². The lowest BCUT2D eigenvalue weighted by Crippen LogP contribution is -2.26. The first-order chi connectivity index (χ1) is 30.3. The smallest absolute Gasteiger partial charge is 0.0727 e. The van der Waals surface area contributed by atoms with E-state index in [1.807, 2.05) is 0 Å². The lowest BCUT2D eigenvalue weighted by Gasteiger charge is -2.34. The van der Waals surface area contributed by atoms with Crippen LogP contribution in [0.4, 0.5) is 34.1 Å². The molecule has 1 spiro atoms. The van der Waals surface area contributed by atoms with Gasteiger partial charge in [-0.1, -0.05) is 170 Å². The number of hydrogen-bond acceptors (Lipinski definition) is 2. The normalized spacial score (nSPS) is 14.3. The summed E-state index contributed by atoms with van der Waals surface area (Å²) in [6.45, 7) is 0. The summed E-state index contributed by atoms with van der Waals surface area (Å²) in [7, 11) is 0. The van der Waals surface area contributed by atoms with Crippen LogP contribution in [0.25, 0.3) is 44.2 Å². The molecule has 10 aromatic carbocycles. The third-order valence-electron chi connectivity index (χ3n) is 12.8. The lowest BCUT2D eigenvalue weighted by molar-refractivity contribution is 0.793. The van der Waals surface area contributed by atoms with Crippen LogP contribution in [0.1, 0.15) is 22.3 Å². The van der Waals surface area contributed by atoms with Gasteiger partial charge in [0.25, 0.3) is 0 Å². The van der Waals surface area contributed by atoms with Gasteiger partial charge in [0.2, 0.25) is 0 Å². The van der Waals surface area contributed by atoms with Crippen molar-refractivity contribution in [2.75, 3.05) is 9.80 Å². The van der Waals surface area contributed by atoms with Crippen molar-refractivity contribution < 1.29 is 0 Å². The van der Waals surface area contributed by atoms with Crippen molar-refractivity contribution >= 4 is 44.9 Å². The van der Waals surface area contributed by atoms with E-state index in [2.05, 4.69) is 252 Å². The molecule has 286 valence electrons. The molecule has 0 bridgehead atoms. The van der Waals surface area contributed by atoms with E-state index in [-0.39, 0.29) is 0 Å². The minimum Gasteiger partial charge on any atom is -0.310 e. The van der Waals surface area contributed by atoms with Crippen LogP contribution in [0.15, 0.2) is 243 Å². The maximum absolute atomic E-state index is 2.52. The van der Waals surface area contributed by atoms with Gasteiger partial charge in [0.1, 0.15) is 0 Å². The minimum absolute atomic E-state index is 0.581. The molecule has 0 amide bonds. The molecule has 1 unspecified atom stereocenters. The summed E-state index contributed by atoms with van der Waals surface area (Å²) in [5.74, 6) is 0. The van der Waals surface area contributed by atoms with Gasteiger partial charge < -0.3 is 9.80 Å². The Kier molecular flexibility index (Phi) is 8.11. The van der Waals surface area contributed by atoms with Gasteiger partial charge in [0.15, 0.2) is 0 Å². The highest BCUT2D eigenvalue weighted by Crippen LogP contribution is 2.65. The highest BCUT2D eigenvalue weighted by Gasteiger charge is 2.52. The fourth-order valence-electron chi connectivity index (χ4n) is 10.3. The summed E-state index contributed by atoms with van der Waals surface area (Å²) < 4.78 is 0.